The lowest BCUT2D eigenvalue weighted by molar-refractivity contribution is -0.116. The van der Waals surface area contributed by atoms with Crippen molar-refractivity contribution in [2.75, 3.05) is 0 Å². The molecule has 6 heteroatoms. The Hall–Kier alpha value is -2.40. The SMILES string of the molecule is CC(=O)Cc1cnc2c(c1)c(-c1cc(O)ccc1Cl)nn2C. The van der Waals surface area contributed by atoms with Crippen LogP contribution in [0.1, 0.15) is 12.5 Å². The Morgan fingerprint density at radius 2 is 2.14 bits per heavy atom. The van der Waals surface area contributed by atoms with Gasteiger partial charge in [-0.25, -0.2) is 9.67 Å². The molecule has 0 unspecified atom stereocenters. The summed E-state index contributed by atoms with van der Waals surface area (Å²) in [7, 11) is 1.79. The molecule has 2 aromatic heterocycles. The van der Waals surface area contributed by atoms with Gasteiger partial charge < -0.3 is 5.11 Å². The Morgan fingerprint density at radius 3 is 2.86 bits per heavy atom. The molecule has 0 aliphatic carbocycles. The molecule has 112 valence electrons. The predicted octanol–water partition coefficient (Wildman–Crippen LogP) is 3.13. The number of benzene rings is 1. The van der Waals surface area contributed by atoms with Crippen molar-refractivity contribution in [3.63, 3.8) is 0 Å². The highest BCUT2D eigenvalue weighted by Crippen LogP contribution is 2.34. The Morgan fingerprint density at radius 1 is 1.36 bits per heavy atom. The Bertz CT molecular complexity index is 886. The maximum absolute atomic E-state index is 11.3. The first kappa shape index (κ1) is 14.5. The monoisotopic (exact) mass is 315 g/mol. The number of rotatable bonds is 3. The number of phenolic OH excluding ortho intramolecular Hbond substituents is 1. The second-order valence-corrected chi connectivity index (χ2v) is 5.64. The molecule has 0 fully saturated rings. The van der Waals surface area contributed by atoms with Crippen LogP contribution in [0.4, 0.5) is 0 Å². The average Bonchev–Trinajstić information content (AvgIpc) is 2.77. The normalized spacial score (nSPS) is 11.0. The first-order valence-corrected chi connectivity index (χ1v) is 7.13. The summed E-state index contributed by atoms with van der Waals surface area (Å²) in [6.07, 6.45) is 2.00. The molecule has 22 heavy (non-hydrogen) atoms. The lowest BCUT2D eigenvalue weighted by Crippen LogP contribution is -1.97. The van der Waals surface area contributed by atoms with Gasteiger partial charge in [-0.2, -0.15) is 5.10 Å². The third-order valence-corrected chi connectivity index (χ3v) is 3.72. The molecule has 0 aliphatic rings. The van der Waals surface area contributed by atoms with Crippen molar-refractivity contribution < 1.29 is 9.90 Å². The minimum Gasteiger partial charge on any atom is -0.508 e. The van der Waals surface area contributed by atoms with Gasteiger partial charge in [0.05, 0.1) is 5.02 Å². The number of pyridine rings is 1. The average molecular weight is 316 g/mol. The van der Waals surface area contributed by atoms with E-state index in [2.05, 4.69) is 10.1 Å². The molecule has 0 saturated heterocycles. The lowest BCUT2D eigenvalue weighted by atomic mass is 10.1. The summed E-state index contributed by atoms with van der Waals surface area (Å²) in [4.78, 5) is 15.7. The number of aryl methyl sites for hydroxylation is 1. The highest BCUT2D eigenvalue weighted by atomic mass is 35.5. The van der Waals surface area contributed by atoms with E-state index < -0.39 is 0 Å². The van der Waals surface area contributed by atoms with E-state index in [-0.39, 0.29) is 11.5 Å². The molecular weight excluding hydrogens is 302 g/mol. The number of carbonyl (C=O) groups is 1. The topological polar surface area (TPSA) is 68.0 Å². The molecule has 0 radical (unpaired) electrons. The molecular formula is C16H14ClN3O2. The van der Waals surface area contributed by atoms with Crippen LogP contribution < -0.4 is 0 Å². The lowest BCUT2D eigenvalue weighted by Gasteiger charge is -2.03. The summed E-state index contributed by atoms with van der Waals surface area (Å²) in [5, 5.41) is 15.4. The maximum Gasteiger partial charge on any atom is 0.158 e. The smallest absolute Gasteiger partial charge is 0.158 e. The van der Waals surface area contributed by atoms with Crippen molar-refractivity contribution >= 4 is 28.4 Å². The van der Waals surface area contributed by atoms with Crippen LogP contribution in [0.5, 0.6) is 5.75 Å². The minimum atomic E-state index is 0.0713. The van der Waals surface area contributed by atoms with E-state index in [1.165, 1.54) is 6.07 Å². The molecule has 0 saturated carbocycles. The predicted molar refractivity (Wildman–Crippen MR) is 85.0 cm³/mol. The third kappa shape index (κ3) is 2.55. The molecule has 2 heterocycles. The van der Waals surface area contributed by atoms with Crippen LogP contribution in [0.15, 0.2) is 30.5 Å². The summed E-state index contributed by atoms with van der Waals surface area (Å²) in [5.74, 6) is 0.188. The Balaban J connectivity index is 2.24. The molecule has 0 amide bonds. The minimum absolute atomic E-state index is 0.0713. The Kier molecular flexibility index (Phi) is 3.58. The van der Waals surface area contributed by atoms with Gasteiger partial charge in [-0.3, -0.25) is 4.79 Å². The van der Waals surface area contributed by atoms with Crippen molar-refractivity contribution in [3.8, 4) is 17.0 Å². The van der Waals surface area contributed by atoms with Gasteiger partial charge >= 0.3 is 0 Å². The van der Waals surface area contributed by atoms with E-state index in [1.54, 1.807) is 37.0 Å². The molecule has 3 aromatic rings. The van der Waals surface area contributed by atoms with Crippen molar-refractivity contribution in [1.82, 2.24) is 14.8 Å². The molecule has 0 bridgehead atoms. The first-order valence-electron chi connectivity index (χ1n) is 6.75. The number of ketones is 1. The zero-order chi connectivity index (χ0) is 15.9. The summed E-state index contributed by atoms with van der Waals surface area (Å²) in [6, 6.07) is 6.62. The second-order valence-electron chi connectivity index (χ2n) is 5.23. The van der Waals surface area contributed by atoms with Crippen LogP contribution >= 0.6 is 11.6 Å². The van der Waals surface area contributed by atoms with Gasteiger partial charge in [0.15, 0.2) is 5.65 Å². The van der Waals surface area contributed by atoms with Crippen LogP contribution in [0, 0.1) is 0 Å². The zero-order valence-corrected chi connectivity index (χ0v) is 12.9. The number of aromatic nitrogens is 3. The summed E-state index contributed by atoms with van der Waals surface area (Å²) < 4.78 is 1.66. The van der Waals surface area contributed by atoms with E-state index in [1.807, 2.05) is 6.07 Å². The fourth-order valence-electron chi connectivity index (χ4n) is 2.46. The summed E-state index contributed by atoms with van der Waals surface area (Å²) in [6.45, 7) is 1.54. The first-order chi connectivity index (χ1) is 10.5. The fourth-order valence-corrected chi connectivity index (χ4v) is 2.67. The number of phenols is 1. The van der Waals surface area contributed by atoms with Crippen LogP contribution in [0.3, 0.4) is 0 Å². The number of halogens is 1. The van der Waals surface area contributed by atoms with Crippen molar-refractivity contribution in [1.29, 1.82) is 0 Å². The number of nitrogens with zero attached hydrogens (tertiary/aromatic N) is 3. The zero-order valence-electron chi connectivity index (χ0n) is 12.2. The van der Waals surface area contributed by atoms with Crippen LogP contribution in [0.25, 0.3) is 22.3 Å². The summed E-state index contributed by atoms with van der Waals surface area (Å²) in [5.41, 5.74) is 2.79. The van der Waals surface area contributed by atoms with Crippen molar-refractivity contribution in [2.24, 2.45) is 7.05 Å². The molecule has 0 aliphatic heterocycles. The molecule has 5 nitrogen and oxygen atoms in total. The van der Waals surface area contributed by atoms with E-state index in [0.29, 0.717) is 28.3 Å². The van der Waals surface area contributed by atoms with Gasteiger partial charge in [-0.15, -0.1) is 0 Å². The maximum atomic E-state index is 11.3. The largest absolute Gasteiger partial charge is 0.508 e. The van der Waals surface area contributed by atoms with Crippen molar-refractivity contribution in [2.45, 2.75) is 13.3 Å². The number of Topliss-reactive ketones (excluding diaryl/α,β-unsaturated/α-hetero) is 1. The third-order valence-electron chi connectivity index (χ3n) is 3.39. The molecule has 0 atom stereocenters. The summed E-state index contributed by atoms with van der Waals surface area (Å²) >= 11 is 6.23. The second kappa shape index (κ2) is 5.42. The molecule has 3 rings (SSSR count). The van der Waals surface area contributed by atoms with Gasteiger partial charge in [0.2, 0.25) is 0 Å². The van der Waals surface area contributed by atoms with Gasteiger partial charge in [0, 0.05) is 30.6 Å². The van der Waals surface area contributed by atoms with Gasteiger partial charge in [0.25, 0.3) is 0 Å². The Labute approximate surface area is 132 Å². The number of hydrogen-bond acceptors (Lipinski definition) is 4. The number of hydrogen-bond donors (Lipinski definition) is 1. The highest BCUT2D eigenvalue weighted by Gasteiger charge is 2.16. The van der Waals surface area contributed by atoms with E-state index in [0.717, 1.165) is 10.9 Å². The van der Waals surface area contributed by atoms with Crippen LogP contribution in [0.2, 0.25) is 5.02 Å². The standard InChI is InChI=1S/C16H14ClN3O2/c1-9(21)5-10-6-13-15(19-20(2)16(13)18-8-10)12-7-11(22)3-4-14(12)17/h3-4,6-8,22H,5H2,1-2H3. The molecule has 0 spiro atoms. The fraction of sp³-hybridized carbons (Fsp3) is 0.188. The molecule has 1 N–H and O–H groups in total. The van der Waals surface area contributed by atoms with Crippen molar-refractivity contribution in [3.05, 3.63) is 41.0 Å². The van der Waals surface area contributed by atoms with E-state index in [4.69, 9.17) is 11.6 Å². The quantitative estimate of drug-likeness (QED) is 0.806. The number of fused-ring (bicyclic) bond motifs is 1. The molecule has 1 aromatic carbocycles. The van der Waals surface area contributed by atoms with E-state index in [9.17, 15) is 9.90 Å². The van der Waals surface area contributed by atoms with E-state index >= 15 is 0 Å². The highest BCUT2D eigenvalue weighted by molar-refractivity contribution is 6.33. The van der Waals surface area contributed by atoms with Crippen LogP contribution in [-0.4, -0.2) is 25.7 Å². The number of aromatic hydroxyl groups is 1. The van der Waals surface area contributed by atoms with Crippen LogP contribution in [-0.2, 0) is 18.3 Å². The van der Waals surface area contributed by atoms with Gasteiger partial charge in [0.1, 0.15) is 17.2 Å². The van der Waals surface area contributed by atoms with Gasteiger partial charge in [-0.1, -0.05) is 11.6 Å². The van der Waals surface area contributed by atoms with Gasteiger partial charge in [-0.05, 0) is 36.8 Å². The number of carbonyl (C=O) groups excluding carboxylic acids is 1.